The Balaban J connectivity index is 1.37. The lowest BCUT2D eigenvalue weighted by Gasteiger charge is -2.35. The molecular formula is C22H24ClN3O4S. The molecule has 2 aromatic rings. The highest BCUT2D eigenvalue weighted by molar-refractivity contribution is 7.12. The second-order valence-electron chi connectivity index (χ2n) is 7.63. The number of ether oxygens (including phenoxy) is 1. The Labute approximate surface area is 189 Å². The van der Waals surface area contributed by atoms with E-state index in [0.717, 1.165) is 0 Å². The number of hydrogen-bond acceptors (Lipinski definition) is 5. The number of nitrogens with one attached hydrogen (secondary N) is 1. The van der Waals surface area contributed by atoms with Gasteiger partial charge >= 0.3 is 0 Å². The zero-order valence-corrected chi connectivity index (χ0v) is 18.6. The van der Waals surface area contributed by atoms with Gasteiger partial charge in [-0.25, -0.2) is 0 Å². The number of benzene rings is 1. The number of thiophene rings is 1. The summed E-state index contributed by atoms with van der Waals surface area (Å²) >= 11 is 7.57. The fraction of sp³-hybridized carbons (Fsp3) is 0.409. The van der Waals surface area contributed by atoms with Gasteiger partial charge in [0.25, 0.3) is 11.8 Å². The van der Waals surface area contributed by atoms with Crippen molar-refractivity contribution in [2.24, 2.45) is 5.92 Å². The van der Waals surface area contributed by atoms with E-state index < -0.39 is 0 Å². The van der Waals surface area contributed by atoms with Gasteiger partial charge in [-0.05, 0) is 42.5 Å². The van der Waals surface area contributed by atoms with E-state index >= 15 is 0 Å². The van der Waals surface area contributed by atoms with Gasteiger partial charge < -0.3 is 19.9 Å². The van der Waals surface area contributed by atoms with Gasteiger partial charge in [-0.1, -0.05) is 17.7 Å². The molecule has 2 aliphatic rings. The minimum Gasteiger partial charge on any atom is -0.378 e. The largest absolute Gasteiger partial charge is 0.378 e. The molecule has 1 aromatic heterocycles. The third-order valence-corrected chi connectivity index (χ3v) is 6.86. The predicted molar refractivity (Wildman–Crippen MR) is 120 cm³/mol. The van der Waals surface area contributed by atoms with Crippen LogP contribution in [-0.4, -0.2) is 66.9 Å². The van der Waals surface area contributed by atoms with Crippen molar-refractivity contribution < 1.29 is 19.1 Å². The Morgan fingerprint density at radius 3 is 2.45 bits per heavy atom. The highest BCUT2D eigenvalue weighted by Gasteiger charge is 2.31. The summed E-state index contributed by atoms with van der Waals surface area (Å²) in [7, 11) is 0. The average Bonchev–Trinajstić information content (AvgIpc) is 3.35. The fourth-order valence-electron chi connectivity index (χ4n) is 3.90. The van der Waals surface area contributed by atoms with Crippen LogP contribution in [0.1, 0.15) is 32.9 Å². The topological polar surface area (TPSA) is 79.0 Å². The van der Waals surface area contributed by atoms with Crippen molar-refractivity contribution in [3.05, 3.63) is 51.2 Å². The number of morpholine rings is 1. The van der Waals surface area contributed by atoms with Crippen LogP contribution in [0.2, 0.25) is 5.02 Å². The molecule has 164 valence electrons. The number of carbonyl (C=O) groups excluding carboxylic acids is 3. The zero-order valence-electron chi connectivity index (χ0n) is 17.0. The van der Waals surface area contributed by atoms with Gasteiger partial charge in [-0.15, -0.1) is 11.3 Å². The van der Waals surface area contributed by atoms with Gasteiger partial charge in [-0.2, -0.15) is 0 Å². The molecule has 1 N–H and O–H groups in total. The van der Waals surface area contributed by atoms with Crippen molar-refractivity contribution in [2.75, 3.05) is 44.7 Å². The molecular weight excluding hydrogens is 438 g/mol. The second kappa shape index (κ2) is 9.80. The second-order valence-corrected chi connectivity index (χ2v) is 8.99. The molecule has 3 heterocycles. The van der Waals surface area contributed by atoms with E-state index in [0.29, 0.717) is 73.4 Å². The number of halogens is 1. The van der Waals surface area contributed by atoms with Crippen molar-refractivity contribution in [3.8, 4) is 0 Å². The van der Waals surface area contributed by atoms with E-state index in [1.807, 2.05) is 10.3 Å². The van der Waals surface area contributed by atoms with Crippen molar-refractivity contribution in [1.29, 1.82) is 0 Å². The zero-order chi connectivity index (χ0) is 21.8. The lowest BCUT2D eigenvalue weighted by Crippen LogP contribution is -2.47. The first-order valence-electron chi connectivity index (χ1n) is 10.3. The van der Waals surface area contributed by atoms with Crippen LogP contribution in [0.15, 0.2) is 35.7 Å². The SMILES string of the molecule is O=C(Nc1cc(C(=O)N2CCC(C(=O)N3CCOCC3)CC2)ccc1Cl)c1cccs1. The van der Waals surface area contributed by atoms with Crippen molar-refractivity contribution >= 4 is 46.3 Å². The van der Waals surface area contributed by atoms with Gasteiger partial charge in [0, 0.05) is 37.7 Å². The molecule has 7 nitrogen and oxygen atoms in total. The van der Waals surface area contributed by atoms with Crippen LogP contribution >= 0.6 is 22.9 Å². The number of piperidine rings is 1. The quantitative estimate of drug-likeness (QED) is 0.757. The van der Waals surface area contributed by atoms with Crippen molar-refractivity contribution in [3.63, 3.8) is 0 Å². The Bertz CT molecular complexity index is 952. The van der Waals surface area contributed by atoms with E-state index in [2.05, 4.69) is 5.32 Å². The van der Waals surface area contributed by atoms with E-state index in [9.17, 15) is 14.4 Å². The third-order valence-electron chi connectivity index (χ3n) is 5.66. The van der Waals surface area contributed by atoms with Crippen LogP contribution in [0, 0.1) is 5.92 Å². The van der Waals surface area contributed by atoms with E-state index in [1.165, 1.54) is 11.3 Å². The summed E-state index contributed by atoms with van der Waals surface area (Å²) in [5.74, 6) is -0.266. The molecule has 0 unspecified atom stereocenters. The first-order chi connectivity index (χ1) is 15.0. The molecule has 0 saturated carbocycles. The Morgan fingerprint density at radius 1 is 1.03 bits per heavy atom. The van der Waals surface area contributed by atoms with Crippen LogP contribution in [0.25, 0.3) is 0 Å². The van der Waals surface area contributed by atoms with E-state index in [1.54, 1.807) is 35.2 Å². The van der Waals surface area contributed by atoms with Crippen LogP contribution in [0.5, 0.6) is 0 Å². The van der Waals surface area contributed by atoms with E-state index in [-0.39, 0.29) is 23.6 Å². The molecule has 2 saturated heterocycles. The molecule has 2 aliphatic heterocycles. The number of anilines is 1. The number of amides is 3. The standard InChI is InChI=1S/C22H24ClN3O4S/c23-17-4-3-16(14-18(17)24-20(27)19-2-1-13-31-19)22(29)25-7-5-15(6-8-25)21(28)26-9-11-30-12-10-26/h1-4,13-15H,5-12H2,(H,24,27). The molecule has 0 aliphatic carbocycles. The van der Waals surface area contributed by atoms with Gasteiger partial charge in [0.15, 0.2) is 0 Å². The monoisotopic (exact) mass is 461 g/mol. The highest BCUT2D eigenvalue weighted by Crippen LogP contribution is 2.27. The summed E-state index contributed by atoms with van der Waals surface area (Å²) in [6.07, 6.45) is 1.30. The molecule has 9 heteroatoms. The summed E-state index contributed by atoms with van der Waals surface area (Å²) in [6.45, 7) is 3.51. The Kier molecular flexibility index (Phi) is 6.89. The predicted octanol–water partition coefficient (Wildman–Crippen LogP) is 3.36. The van der Waals surface area contributed by atoms with Gasteiger partial charge in [-0.3, -0.25) is 14.4 Å². The smallest absolute Gasteiger partial charge is 0.265 e. The molecule has 0 atom stereocenters. The molecule has 0 spiro atoms. The maximum absolute atomic E-state index is 13.0. The van der Waals surface area contributed by atoms with Crippen LogP contribution in [-0.2, 0) is 9.53 Å². The maximum atomic E-state index is 13.0. The van der Waals surface area contributed by atoms with Crippen LogP contribution in [0.4, 0.5) is 5.69 Å². The maximum Gasteiger partial charge on any atom is 0.265 e. The van der Waals surface area contributed by atoms with Gasteiger partial charge in [0.1, 0.15) is 0 Å². The Hall–Kier alpha value is -2.42. The summed E-state index contributed by atoms with van der Waals surface area (Å²) in [4.78, 5) is 42.3. The summed E-state index contributed by atoms with van der Waals surface area (Å²) in [6, 6.07) is 8.42. The molecule has 2 fully saturated rings. The summed E-state index contributed by atoms with van der Waals surface area (Å²) in [5, 5.41) is 4.97. The lowest BCUT2D eigenvalue weighted by molar-refractivity contribution is -0.141. The first kappa shape index (κ1) is 21.8. The fourth-order valence-corrected chi connectivity index (χ4v) is 4.68. The van der Waals surface area contributed by atoms with Gasteiger partial charge in [0.05, 0.1) is 28.8 Å². The number of likely N-dealkylation sites (tertiary alicyclic amines) is 1. The van der Waals surface area contributed by atoms with Gasteiger partial charge in [0.2, 0.25) is 5.91 Å². The summed E-state index contributed by atoms with van der Waals surface area (Å²) in [5.41, 5.74) is 0.868. The number of hydrogen-bond donors (Lipinski definition) is 1. The van der Waals surface area contributed by atoms with Crippen LogP contribution < -0.4 is 5.32 Å². The third kappa shape index (κ3) is 5.08. The number of nitrogens with zero attached hydrogens (tertiary/aromatic N) is 2. The van der Waals surface area contributed by atoms with Crippen LogP contribution in [0.3, 0.4) is 0 Å². The molecule has 0 radical (unpaired) electrons. The molecule has 0 bridgehead atoms. The molecule has 31 heavy (non-hydrogen) atoms. The lowest BCUT2D eigenvalue weighted by atomic mass is 9.94. The van der Waals surface area contributed by atoms with Crippen molar-refractivity contribution in [2.45, 2.75) is 12.8 Å². The molecule has 3 amide bonds. The van der Waals surface area contributed by atoms with E-state index in [4.69, 9.17) is 16.3 Å². The number of rotatable bonds is 4. The molecule has 1 aromatic carbocycles. The Morgan fingerprint density at radius 2 is 1.77 bits per heavy atom. The van der Waals surface area contributed by atoms with Crippen molar-refractivity contribution in [1.82, 2.24) is 9.80 Å². The highest BCUT2D eigenvalue weighted by atomic mass is 35.5. The minimum absolute atomic E-state index is 0.0481. The average molecular weight is 462 g/mol. The first-order valence-corrected chi connectivity index (χ1v) is 11.6. The molecule has 4 rings (SSSR count). The normalized spacial score (nSPS) is 17.5. The summed E-state index contributed by atoms with van der Waals surface area (Å²) < 4.78 is 5.32. The minimum atomic E-state index is -0.260. The number of carbonyl (C=O) groups is 3.